The van der Waals surface area contributed by atoms with Gasteiger partial charge in [-0.3, -0.25) is 9.59 Å². The fourth-order valence-corrected chi connectivity index (χ4v) is 2.93. The van der Waals surface area contributed by atoms with Gasteiger partial charge in [0.2, 0.25) is 5.91 Å². The number of hydrogen-bond acceptors (Lipinski definition) is 3. The number of aliphatic hydroxyl groups excluding tert-OH is 1. The molecule has 0 spiro atoms. The zero-order chi connectivity index (χ0) is 13.2. The standard InChI is InChI=1S/C13H21NO4/c15-8-13(4-1-5-13)7-14-11(16)9-2-3-10(6-9)12(17)18/h9-10,15H,1-8H2,(H,14,16)(H,17,18)/t9-,10+/m0/s1. The maximum absolute atomic E-state index is 11.9. The smallest absolute Gasteiger partial charge is 0.306 e. The topological polar surface area (TPSA) is 86.6 Å². The summed E-state index contributed by atoms with van der Waals surface area (Å²) in [6, 6.07) is 0. The van der Waals surface area contributed by atoms with E-state index in [9.17, 15) is 14.7 Å². The number of carboxylic acid groups (broad SMARTS) is 1. The van der Waals surface area contributed by atoms with Gasteiger partial charge in [0, 0.05) is 17.9 Å². The van der Waals surface area contributed by atoms with E-state index >= 15 is 0 Å². The van der Waals surface area contributed by atoms with Crippen LogP contribution >= 0.6 is 0 Å². The van der Waals surface area contributed by atoms with Gasteiger partial charge < -0.3 is 15.5 Å². The summed E-state index contributed by atoms with van der Waals surface area (Å²) >= 11 is 0. The number of carboxylic acids is 1. The highest BCUT2D eigenvalue weighted by Gasteiger charge is 2.38. The van der Waals surface area contributed by atoms with Gasteiger partial charge in [-0.1, -0.05) is 6.42 Å². The van der Waals surface area contributed by atoms with Crippen LogP contribution < -0.4 is 5.32 Å². The van der Waals surface area contributed by atoms with Gasteiger partial charge in [-0.05, 0) is 32.1 Å². The van der Waals surface area contributed by atoms with E-state index in [1.807, 2.05) is 0 Å². The Labute approximate surface area is 107 Å². The predicted octanol–water partition coefficient (Wildman–Crippen LogP) is 0.766. The molecule has 0 heterocycles. The Morgan fingerprint density at radius 3 is 2.33 bits per heavy atom. The first-order valence-corrected chi connectivity index (χ1v) is 6.68. The zero-order valence-corrected chi connectivity index (χ0v) is 10.5. The monoisotopic (exact) mass is 255 g/mol. The van der Waals surface area contributed by atoms with Gasteiger partial charge in [0.25, 0.3) is 0 Å². The quantitative estimate of drug-likeness (QED) is 0.677. The van der Waals surface area contributed by atoms with Crippen molar-refractivity contribution >= 4 is 11.9 Å². The molecule has 3 N–H and O–H groups in total. The minimum atomic E-state index is -0.795. The van der Waals surface area contributed by atoms with Crippen LogP contribution in [0.3, 0.4) is 0 Å². The first-order chi connectivity index (χ1) is 8.56. The SMILES string of the molecule is O=C(O)[C@@H]1CC[C@H](C(=O)NCC2(CO)CCC2)C1. The Balaban J connectivity index is 1.77. The first kappa shape index (κ1) is 13.3. The highest BCUT2D eigenvalue weighted by atomic mass is 16.4. The summed E-state index contributed by atoms with van der Waals surface area (Å²) in [5.41, 5.74) is -0.111. The number of nitrogens with one attached hydrogen (secondary N) is 1. The van der Waals surface area contributed by atoms with Gasteiger partial charge in [0.15, 0.2) is 0 Å². The maximum Gasteiger partial charge on any atom is 0.306 e. The lowest BCUT2D eigenvalue weighted by molar-refractivity contribution is -0.141. The molecule has 0 aromatic rings. The molecule has 1 amide bonds. The van der Waals surface area contributed by atoms with Crippen molar-refractivity contribution in [3.8, 4) is 0 Å². The minimum Gasteiger partial charge on any atom is -0.481 e. The van der Waals surface area contributed by atoms with Crippen LogP contribution in [0.15, 0.2) is 0 Å². The van der Waals surface area contributed by atoms with Crippen LogP contribution in [0.2, 0.25) is 0 Å². The number of rotatable bonds is 5. The summed E-state index contributed by atoms with van der Waals surface area (Å²) in [7, 11) is 0. The molecule has 0 unspecified atom stereocenters. The average Bonchev–Trinajstić information content (AvgIpc) is 2.77. The van der Waals surface area contributed by atoms with Crippen molar-refractivity contribution in [2.75, 3.05) is 13.2 Å². The molecule has 0 aliphatic heterocycles. The van der Waals surface area contributed by atoms with Crippen LogP contribution in [0.1, 0.15) is 38.5 Å². The van der Waals surface area contributed by atoms with Gasteiger partial charge >= 0.3 is 5.97 Å². The Hall–Kier alpha value is -1.10. The van der Waals surface area contributed by atoms with Gasteiger partial charge in [-0.25, -0.2) is 0 Å². The molecule has 18 heavy (non-hydrogen) atoms. The molecule has 2 fully saturated rings. The molecule has 5 nitrogen and oxygen atoms in total. The van der Waals surface area contributed by atoms with E-state index in [4.69, 9.17) is 5.11 Å². The Morgan fingerprint density at radius 1 is 1.22 bits per heavy atom. The maximum atomic E-state index is 11.9. The van der Waals surface area contributed by atoms with Crippen molar-refractivity contribution in [2.24, 2.45) is 17.3 Å². The lowest BCUT2D eigenvalue weighted by Gasteiger charge is -2.40. The molecule has 2 atom stereocenters. The fraction of sp³-hybridized carbons (Fsp3) is 0.846. The molecule has 0 aromatic carbocycles. The number of carbonyl (C=O) groups excluding carboxylic acids is 1. The number of amides is 1. The normalized spacial score (nSPS) is 29.6. The third-order valence-corrected chi connectivity index (χ3v) is 4.54. The van der Waals surface area contributed by atoms with Crippen LogP contribution in [0.5, 0.6) is 0 Å². The molecular weight excluding hydrogens is 234 g/mol. The summed E-state index contributed by atoms with van der Waals surface area (Å²) in [6.45, 7) is 0.645. The van der Waals surface area contributed by atoms with Gasteiger partial charge in [-0.15, -0.1) is 0 Å². The van der Waals surface area contributed by atoms with Crippen LogP contribution in [-0.2, 0) is 9.59 Å². The highest BCUT2D eigenvalue weighted by Crippen LogP contribution is 2.40. The van der Waals surface area contributed by atoms with Gasteiger partial charge in [0.05, 0.1) is 12.5 Å². The van der Waals surface area contributed by atoms with Crippen molar-refractivity contribution < 1.29 is 19.8 Å². The van der Waals surface area contributed by atoms with E-state index in [1.165, 1.54) is 0 Å². The predicted molar refractivity (Wildman–Crippen MR) is 64.8 cm³/mol. The molecule has 2 aliphatic carbocycles. The van der Waals surface area contributed by atoms with Crippen molar-refractivity contribution in [3.05, 3.63) is 0 Å². The Bertz CT molecular complexity index is 332. The largest absolute Gasteiger partial charge is 0.481 e. The second kappa shape index (κ2) is 5.26. The van der Waals surface area contributed by atoms with E-state index in [1.54, 1.807) is 0 Å². The summed E-state index contributed by atoms with van der Waals surface area (Å²) < 4.78 is 0. The summed E-state index contributed by atoms with van der Waals surface area (Å²) in [5, 5.41) is 21.1. The lowest BCUT2D eigenvalue weighted by Crippen LogP contribution is -2.45. The second-order valence-corrected chi connectivity index (χ2v) is 5.77. The fourth-order valence-electron chi connectivity index (χ4n) is 2.93. The zero-order valence-electron chi connectivity index (χ0n) is 10.5. The van der Waals surface area contributed by atoms with E-state index < -0.39 is 5.97 Å². The van der Waals surface area contributed by atoms with Crippen molar-refractivity contribution in [2.45, 2.75) is 38.5 Å². The number of aliphatic carboxylic acids is 1. The van der Waals surface area contributed by atoms with E-state index in [0.29, 0.717) is 25.8 Å². The van der Waals surface area contributed by atoms with Gasteiger partial charge in [0.1, 0.15) is 0 Å². The van der Waals surface area contributed by atoms with Crippen LogP contribution in [0, 0.1) is 17.3 Å². The van der Waals surface area contributed by atoms with E-state index in [-0.39, 0.29) is 29.8 Å². The van der Waals surface area contributed by atoms with Crippen LogP contribution in [-0.4, -0.2) is 35.2 Å². The second-order valence-electron chi connectivity index (χ2n) is 5.77. The molecule has 0 bridgehead atoms. The third-order valence-electron chi connectivity index (χ3n) is 4.54. The Kier molecular flexibility index (Phi) is 3.90. The molecule has 0 radical (unpaired) electrons. The third kappa shape index (κ3) is 2.66. The number of carbonyl (C=O) groups is 2. The number of aliphatic hydroxyl groups is 1. The van der Waals surface area contributed by atoms with Crippen LogP contribution in [0.4, 0.5) is 0 Å². The summed E-state index contributed by atoms with van der Waals surface area (Å²) in [6.07, 6.45) is 4.75. The summed E-state index contributed by atoms with van der Waals surface area (Å²) in [5.74, 6) is -1.37. The molecule has 0 saturated heterocycles. The summed E-state index contributed by atoms with van der Waals surface area (Å²) in [4.78, 5) is 22.8. The van der Waals surface area contributed by atoms with Crippen LogP contribution in [0.25, 0.3) is 0 Å². The lowest BCUT2D eigenvalue weighted by atomic mass is 9.69. The molecule has 5 heteroatoms. The Morgan fingerprint density at radius 2 is 1.89 bits per heavy atom. The van der Waals surface area contributed by atoms with E-state index in [2.05, 4.69) is 5.32 Å². The average molecular weight is 255 g/mol. The number of hydrogen-bond donors (Lipinski definition) is 3. The minimum absolute atomic E-state index is 0.0431. The van der Waals surface area contributed by atoms with Crippen molar-refractivity contribution in [1.82, 2.24) is 5.32 Å². The van der Waals surface area contributed by atoms with Crippen molar-refractivity contribution in [1.29, 1.82) is 0 Å². The van der Waals surface area contributed by atoms with E-state index in [0.717, 1.165) is 19.3 Å². The molecule has 2 saturated carbocycles. The van der Waals surface area contributed by atoms with Crippen molar-refractivity contribution in [3.63, 3.8) is 0 Å². The first-order valence-electron chi connectivity index (χ1n) is 6.68. The molecule has 2 rings (SSSR count). The molecule has 2 aliphatic rings. The molecule has 102 valence electrons. The molecule has 0 aromatic heterocycles. The van der Waals surface area contributed by atoms with Gasteiger partial charge in [-0.2, -0.15) is 0 Å². The highest BCUT2D eigenvalue weighted by molar-refractivity contribution is 5.80. The molecular formula is C13H21NO4.